The number of hydrogen-bond donors (Lipinski definition) is 1. The third kappa shape index (κ3) is 4.08. The van der Waals surface area contributed by atoms with Crippen molar-refractivity contribution in [3.8, 4) is 11.1 Å². The Labute approximate surface area is 172 Å². The van der Waals surface area contributed by atoms with E-state index in [0.717, 1.165) is 26.2 Å². The summed E-state index contributed by atoms with van der Waals surface area (Å²) in [5.74, 6) is 0.456. The topological polar surface area (TPSA) is 53.0 Å². The predicted octanol–water partition coefficient (Wildman–Crippen LogP) is 2.64. The molecule has 2 fully saturated rings. The maximum absolute atomic E-state index is 12.4. The molecule has 5 nitrogen and oxygen atoms in total. The fraction of sp³-hybridized carbons (Fsp3) is 0.458. The van der Waals surface area contributed by atoms with Gasteiger partial charge < -0.3 is 14.7 Å². The first kappa shape index (κ1) is 20.1. The number of likely N-dealkylation sites (tertiary alicyclic amines) is 2. The summed E-state index contributed by atoms with van der Waals surface area (Å²) < 4.78 is 5.04. The molecule has 2 heterocycles. The van der Waals surface area contributed by atoms with E-state index < -0.39 is 0 Å². The zero-order valence-electron chi connectivity index (χ0n) is 17.1. The van der Waals surface area contributed by atoms with Gasteiger partial charge in [-0.3, -0.25) is 9.69 Å². The second-order valence-electron chi connectivity index (χ2n) is 8.43. The first-order valence-electron chi connectivity index (χ1n) is 10.4. The van der Waals surface area contributed by atoms with E-state index in [1.165, 1.54) is 16.7 Å². The molecule has 154 valence electrons. The number of ether oxygens (including phenoxy) is 1. The van der Waals surface area contributed by atoms with Crippen molar-refractivity contribution in [3.63, 3.8) is 0 Å². The molecule has 1 amide bonds. The quantitative estimate of drug-likeness (QED) is 0.785. The number of methoxy groups -OCH3 is 1. The Bertz CT molecular complexity index is 841. The molecule has 0 aromatic heterocycles. The summed E-state index contributed by atoms with van der Waals surface area (Å²) in [6, 6.07) is 19.0. The largest absolute Gasteiger partial charge is 0.396 e. The summed E-state index contributed by atoms with van der Waals surface area (Å²) in [6.45, 7) is 4.56. The van der Waals surface area contributed by atoms with Crippen LogP contribution in [0.2, 0.25) is 0 Å². The van der Waals surface area contributed by atoms with Crippen molar-refractivity contribution < 1.29 is 14.6 Å². The van der Waals surface area contributed by atoms with Gasteiger partial charge in [0.2, 0.25) is 5.91 Å². The third-order valence-electron chi connectivity index (χ3n) is 6.51. The second-order valence-corrected chi connectivity index (χ2v) is 8.43. The van der Waals surface area contributed by atoms with E-state index in [0.29, 0.717) is 25.5 Å². The molecule has 0 saturated carbocycles. The van der Waals surface area contributed by atoms with Crippen LogP contribution in [-0.2, 0) is 16.1 Å². The molecule has 2 saturated heterocycles. The lowest BCUT2D eigenvalue weighted by Gasteiger charge is -2.27. The molecular weight excluding hydrogens is 364 g/mol. The van der Waals surface area contributed by atoms with Crippen LogP contribution < -0.4 is 0 Å². The highest BCUT2D eigenvalue weighted by Gasteiger charge is 2.52. The molecule has 2 atom stereocenters. The minimum absolute atomic E-state index is 0.128. The first-order valence-corrected chi connectivity index (χ1v) is 10.4. The molecule has 4 rings (SSSR count). The fourth-order valence-electron chi connectivity index (χ4n) is 4.97. The van der Waals surface area contributed by atoms with Crippen molar-refractivity contribution >= 4 is 5.91 Å². The summed E-state index contributed by atoms with van der Waals surface area (Å²) in [5.41, 5.74) is 3.60. The number of carbonyl (C=O) groups is 1. The Kier molecular flexibility index (Phi) is 5.99. The molecule has 0 radical (unpaired) electrons. The molecule has 5 heteroatoms. The summed E-state index contributed by atoms with van der Waals surface area (Å²) in [5, 5.41) is 10.2. The molecular formula is C24H30N2O3. The number of aliphatic hydroxyl groups is 1. The number of hydrogen-bond acceptors (Lipinski definition) is 4. The van der Waals surface area contributed by atoms with Gasteiger partial charge in [-0.05, 0) is 22.6 Å². The van der Waals surface area contributed by atoms with Gasteiger partial charge >= 0.3 is 0 Å². The normalized spacial score (nSPS) is 24.1. The van der Waals surface area contributed by atoms with E-state index in [4.69, 9.17) is 4.74 Å². The van der Waals surface area contributed by atoms with E-state index in [2.05, 4.69) is 53.4 Å². The maximum Gasteiger partial charge on any atom is 0.224 e. The van der Waals surface area contributed by atoms with Crippen molar-refractivity contribution in [1.82, 2.24) is 9.80 Å². The van der Waals surface area contributed by atoms with Gasteiger partial charge in [0.1, 0.15) is 0 Å². The van der Waals surface area contributed by atoms with Crippen LogP contribution in [0.25, 0.3) is 11.1 Å². The number of aliphatic hydroxyl groups excluding tert-OH is 1. The van der Waals surface area contributed by atoms with Gasteiger partial charge in [0.05, 0.1) is 19.6 Å². The van der Waals surface area contributed by atoms with Crippen LogP contribution in [0.4, 0.5) is 0 Å². The zero-order valence-corrected chi connectivity index (χ0v) is 17.1. The standard InChI is InChI=1S/C24H30N2O3/c1-29-12-11-23(28)26-15-21-14-25(16-24(21,17-26)18-27)13-20-9-5-6-10-22(20)19-7-3-2-4-8-19/h2-10,21,27H,11-18H2,1H3. The summed E-state index contributed by atoms with van der Waals surface area (Å²) >= 11 is 0. The Balaban J connectivity index is 1.46. The Morgan fingerprint density at radius 1 is 1.10 bits per heavy atom. The van der Waals surface area contributed by atoms with Crippen LogP contribution in [0.15, 0.2) is 54.6 Å². The van der Waals surface area contributed by atoms with Crippen molar-refractivity contribution in [3.05, 3.63) is 60.2 Å². The van der Waals surface area contributed by atoms with Gasteiger partial charge in [0.15, 0.2) is 0 Å². The van der Waals surface area contributed by atoms with E-state index in [9.17, 15) is 9.90 Å². The fourth-order valence-corrected chi connectivity index (χ4v) is 4.97. The lowest BCUT2D eigenvalue weighted by molar-refractivity contribution is -0.131. The molecule has 0 bridgehead atoms. The Morgan fingerprint density at radius 2 is 1.86 bits per heavy atom. The molecule has 0 aliphatic carbocycles. The van der Waals surface area contributed by atoms with E-state index in [1.54, 1.807) is 7.11 Å². The first-order chi connectivity index (χ1) is 14.1. The average molecular weight is 395 g/mol. The van der Waals surface area contributed by atoms with Crippen LogP contribution in [0.3, 0.4) is 0 Å². The number of rotatable bonds is 7. The van der Waals surface area contributed by atoms with Crippen LogP contribution in [0, 0.1) is 11.3 Å². The average Bonchev–Trinajstić information content (AvgIpc) is 3.27. The minimum atomic E-state index is -0.204. The number of nitrogens with zero attached hydrogens (tertiary/aromatic N) is 2. The lowest BCUT2D eigenvalue weighted by atomic mass is 9.82. The van der Waals surface area contributed by atoms with Gasteiger partial charge in [-0.25, -0.2) is 0 Å². The van der Waals surface area contributed by atoms with E-state index in [-0.39, 0.29) is 17.9 Å². The molecule has 2 aromatic carbocycles. The molecule has 0 spiro atoms. The molecule has 2 aromatic rings. The van der Waals surface area contributed by atoms with Gasteiger partial charge in [0, 0.05) is 45.2 Å². The van der Waals surface area contributed by atoms with Crippen molar-refractivity contribution in [2.75, 3.05) is 46.5 Å². The molecule has 29 heavy (non-hydrogen) atoms. The number of carbonyl (C=O) groups excluding carboxylic acids is 1. The highest BCUT2D eigenvalue weighted by molar-refractivity contribution is 5.76. The summed E-state index contributed by atoms with van der Waals surface area (Å²) in [4.78, 5) is 16.8. The van der Waals surface area contributed by atoms with Gasteiger partial charge in [-0.1, -0.05) is 54.6 Å². The van der Waals surface area contributed by atoms with Gasteiger partial charge in [-0.2, -0.15) is 0 Å². The molecule has 2 aliphatic rings. The number of fused-ring (bicyclic) bond motifs is 1. The van der Waals surface area contributed by atoms with Crippen molar-refractivity contribution in [1.29, 1.82) is 0 Å². The SMILES string of the molecule is COCCC(=O)N1CC2CN(Cc3ccccc3-c3ccccc3)CC2(CO)C1. The predicted molar refractivity (Wildman–Crippen MR) is 113 cm³/mol. The zero-order chi connectivity index (χ0) is 20.3. The summed E-state index contributed by atoms with van der Waals surface area (Å²) in [6.07, 6.45) is 0.416. The summed E-state index contributed by atoms with van der Waals surface area (Å²) in [7, 11) is 1.62. The Morgan fingerprint density at radius 3 is 2.59 bits per heavy atom. The van der Waals surface area contributed by atoms with Crippen LogP contribution in [0.5, 0.6) is 0 Å². The van der Waals surface area contributed by atoms with Crippen molar-refractivity contribution in [2.24, 2.45) is 11.3 Å². The van der Waals surface area contributed by atoms with Crippen LogP contribution in [-0.4, -0.2) is 67.3 Å². The van der Waals surface area contributed by atoms with Crippen LogP contribution >= 0.6 is 0 Å². The highest BCUT2D eigenvalue weighted by atomic mass is 16.5. The molecule has 1 N–H and O–H groups in total. The molecule has 2 unspecified atom stereocenters. The third-order valence-corrected chi connectivity index (χ3v) is 6.51. The monoisotopic (exact) mass is 394 g/mol. The minimum Gasteiger partial charge on any atom is -0.396 e. The Hall–Kier alpha value is -2.21. The van der Waals surface area contributed by atoms with Crippen molar-refractivity contribution in [2.45, 2.75) is 13.0 Å². The number of amides is 1. The second kappa shape index (κ2) is 8.66. The highest BCUT2D eigenvalue weighted by Crippen LogP contribution is 2.43. The lowest BCUT2D eigenvalue weighted by Crippen LogP contribution is -2.39. The number of benzene rings is 2. The van der Waals surface area contributed by atoms with E-state index >= 15 is 0 Å². The van der Waals surface area contributed by atoms with Gasteiger partial charge in [-0.15, -0.1) is 0 Å². The van der Waals surface area contributed by atoms with E-state index in [1.807, 2.05) is 11.0 Å². The van der Waals surface area contributed by atoms with Gasteiger partial charge in [0.25, 0.3) is 0 Å². The molecule has 2 aliphatic heterocycles. The maximum atomic E-state index is 12.4. The smallest absolute Gasteiger partial charge is 0.224 e. The van der Waals surface area contributed by atoms with Crippen LogP contribution in [0.1, 0.15) is 12.0 Å².